The lowest BCUT2D eigenvalue weighted by molar-refractivity contribution is -0.385. The first kappa shape index (κ1) is 15.8. The molecule has 0 aliphatic heterocycles. The van der Waals surface area contributed by atoms with E-state index in [4.69, 9.17) is 4.74 Å². The van der Waals surface area contributed by atoms with Gasteiger partial charge in [-0.2, -0.15) is 0 Å². The summed E-state index contributed by atoms with van der Waals surface area (Å²) in [5, 5.41) is 19.9. The Morgan fingerprint density at radius 3 is 2.70 bits per heavy atom. The van der Waals surface area contributed by atoms with Crippen molar-refractivity contribution < 1.29 is 19.6 Å². The van der Waals surface area contributed by atoms with Crippen LogP contribution in [0, 0.1) is 10.1 Å². The van der Waals surface area contributed by atoms with E-state index in [9.17, 15) is 20.0 Å². The summed E-state index contributed by atoms with van der Waals surface area (Å²) in [6.07, 6.45) is 1.06. The Labute approximate surface area is 116 Å². The highest BCUT2D eigenvalue weighted by atomic mass is 16.6. The summed E-state index contributed by atoms with van der Waals surface area (Å²) >= 11 is 0. The first-order valence-corrected chi connectivity index (χ1v) is 6.01. The first-order chi connectivity index (χ1) is 9.38. The standard InChI is InChI=1S/C12H17N3O5/c1-8(2)14(4-5-20-3)11-10(12(16)17)6-9(7-13-11)15(18)19/h6-8H,4-5H2,1-3H3,(H,16,17). The third-order valence-electron chi connectivity index (χ3n) is 2.73. The van der Waals surface area contributed by atoms with E-state index in [1.807, 2.05) is 13.8 Å². The number of hydrogen-bond donors (Lipinski definition) is 1. The summed E-state index contributed by atoms with van der Waals surface area (Å²) in [5.41, 5.74) is -0.536. The number of ether oxygens (including phenoxy) is 1. The van der Waals surface area contributed by atoms with Gasteiger partial charge < -0.3 is 14.7 Å². The fourth-order valence-corrected chi connectivity index (χ4v) is 1.73. The minimum atomic E-state index is -1.25. The van der Waals surface area contributed by atoms with Crippen LogP contribution < -0.4 is 4.90 Å². The summed E-state index contributed by atoms with van der Waals surface area (Å²) in [4.78, 5) is 27.0. The van der Waals surface area contributed by atoms with Gasteiger partial charge in [0.25, 0.3) is 5.69 Å². The monoisotopic (exact) mass is 283 g/mol. The molecule has 0 spiro atoms. The van der Waals surface area contributed by atoms with Gasteiger partial charge in [-0.05, 0) is 13.8 Å². The molecule has 8 heteroatoms. The molecule has 20 heavy (non-hydrogen) atoms. The van der Waals surface area contributed by atoms with E-state index in [0.717, 1.165) is 12.3 Å². The fourth-order valence-electron chi connectivity index (χ4n) is 1.73. The molecule has 0 atom stereocenters. The van der Waals surface area contributed by atoms with Crippen molar-refractivity contribution in [2.45, 2.75) is 19.9 Å². The molecule has 1 rings (SSSR count). The van der Waals surface area contributed by atoms with E-state index >= 15 is 0 Å². The van der Waals surface area contributed by atoms with Crippen molar-refractivity contribution in [3.05, 3.63) is 27.9 Å². The molecule has 1 heterocycles. The summed E-state index contributed by atoms with van der Waals surface area (Å²) in [7, 11) is 1.54. The van der Waals surface area contributed by atoms with Gasteiger partial charge in [0.1, 0.15) is 17.6 Å². The molecule has 0 radical (unpaired) electrons. The molecule has 0 aliphatic carbocycles. The molecule has 0 aromatic carbocycles. The molecule has 110 valence electrons. The van der Waals surface area contributed by atoms with Crippen LogP contribution in [0.15, 0.2) is 12.3 Å². The van der Waals surface area contributed by atoms with Gasteiger partial charge in [-0.15, -0.1) is 0 Å². The minimum absolute atomic E-state index is 0.0165. The molecule has 0 saturated heterocycles. The molecular formula is C12H17N3O5. The van der Waals surface area contributed by atoms with Crippen molar-refractivity contribution in [2.24, 2.45) is 0 Å². The lowest BCUT2D eigenvalue weighted by atomic mass is 10.2. The van der Waals surface area contributed by atoms with E-state index in [1.165, 1.54) is 0 Å². The van der Waals surface area contributed by atoms with Crippen LogP contribution in [0.4, 0.5) is 11.5 Å². The topological polar surface area (TPSA) is 106 Å². The first-order valence-electron chi connectivity index (χ1n) is 6.01. The van der Waals surface area contributed by atoms with Crippen LogP contribution in [0.5, 0.6) is 0 Å². The van der Waals surface area contributed by atoms with Crippen molar-refractivity contribution in [2.75, 3.05) is 25.2 Å². The Balaban J connectivity index is 3.26. The third kappa shape index (κ3) is 3.64. The van der Waals surface area contributed by atoms with Crippen LogP contribution in [0.3, 0.4) is 0 Å². The highest BCUT2D eigenvalue weighted by Crippen LogP contribution is 2.24. The Kier molecular flexibility index (Phi) is 5.39. The smallest absolute Gasteiger partial charge is 0.339 e. The lowest BCUT2D eigenvalue weighted by Crippen LogP contribution is -2.35. The number of rotatable bonds is 7. The maximum Gasteiger partial charge on any atom is 0.339 e. The number of carbonyl (C=O) groups is 1. The van der Waals surface area contributed by atoms with E-state index in [-0.39, 0.29) is 23.1 Å². The number of carboxylic acids is 1. The Bertz CT molecular complexity index is 504. The number of anilines is 1. The highest BCUT2D eigenvalue weighted by molar-refractivity contribution is 5.94. The zero-order valence-electron chi connectivity index (χ0n) is 11.6. The molecule has 0 amide bonds. The summed E-state index contributed by atoms with van der Waals surface area (Å²) in [5.74, 6) is -1.05. The predicted octanol–water partition coefficient (Wildman–Crippen LogP) is 1.55. The summed E-state index contributed by atoms with van der Waals surface area (Å²) < 4.78 is 4.98. The maximum absolute atomic E-state index is 11.3. The third-order valence-corrected chi connectivity index (χ3v) is 2.73. The van der Waals surface area contributed by atoms with E-state index in [0.29, 0.717) is 13.2 Å². The number of carboxylic acid groups (broad SMARTS) is 1. The molecule has 0 bridgehead atoms. The molecule has 1 aromatic heterocycles. The molecule has 1 aromatic rings. The molecule has 0 fully saturated rings. The van der Waals surface area contributed by atoms with Crippen molar-refractivity contribution in [3.63, 3.8) is 0 Å². The zero-order valence-corrected chi connectivity index (χ0v) is 11.6. The van der Waals surface area contributed by atoms with E-state index in [2.05, 4.69) is 4.98 Å². The summed E-state index contributed by atoms with van der Waals surface area (Å²) in [6, 6.07) is 1.00. The van der Waals surface area contributed by atoms with E-state index in [1.54, 1.807) is 12.0 Å². The van der Waals surface area contributed by atoms with Gasteiger partial charge in [0.05, 0.1) is 11.5 Å². The number of nitrogens with zero attached hydrogens (tertiary/aromatic N) is 3. The van der Waals surface area contributed by atoms with Gasteiger partial charge in [-0.1, -0.05) is 0 Å². The molecule has 0 aliphatic rings. The number of methoxy groups -OCH3 is 1. The molecular weight excluding hydrogens is 266 g/mol. The van der Waals surface area contributed by atoms with Gasteiger partial charge in [0, 0.05) is 25.8 Å². The number of aromatic nitrogens is 1. The average Bonchev–Trinajstić information content (AvgIpc) is 2.38. The van der Waals surface area contributed by atoms with Crippen molar-refractivity contribution in [3.8, 4) is 0 Å². The number of aromatic carboxylic acids is 1. The molecule has 0 saturated carbocycles. The SMILES string of the molecule is COCCN(c1ncc([N+](=O)[O-])cc1C(=O)O)C(C)C. The van der Waals surface area contributed by atoms with Gasteiger partial charge >= 0.3 is 5.97 Å². The maximum atomic E-state index is 11.3. The van der Waals surface area contributed by atoms with E-state index < -0.39 is 10.9 Å². The van der Waals surface area contributed by atoms with Crippen LogP contribution in [0.2, 0.25) is 0 Å². The van der Waals surface area contributed by atoms with Crippen LogP contribution in [0.25, 0.3) is 0 Å². The second kappa shape index (κ2) is 6.80. The second-order valence-corrected chi connectivity index (χ2v) is 4.41. The number of hydrogen-bond acceptors (Lipinski definition) is 6. The average molecular weight is 283 g/mol. The second-order valence-electron chi connectivity index (χ2n) is 4.41. The van der Waals surface area contributed by atoms with Crippen molar-refractivity contribution >= 4 is 17.5 Å². The van der Waals surface area contributed by atoms with Crippen molar-refractivity contribution in [1.29, 1.82) is 0 Å². The summed E-state index contributed by atoms with van der Waals surface area (Å²) in [6.45, 7) is 4.60. The Morgan fingerprint density at radius 1 is 1.60 bits per heavy atom. The van der Waals surface area contributed by atoms with Gasteiger partial charge in [0.15, 0.2) is 0 Å². The predicted molar refractivity (Wildman–Crippen MR) is 72.2 cm³/mol. The lowest BCUT2D eigenvalue weighted by Gasteiger charge is -2.28. The van der Waals surface area contributed by atoms with Gasteiger partial charge in [-0.25, -0.2) is 9.78 Å². The molecule has 8 nitrogen and oxygen atoms in total. The van der Waals surface area contributed by atoms with Crippen LogP contribution in [0.1, 0.15) is 24.2 Å². The quantitative estimate of drug-likeness (QED) is 0.597. The van der Waals surface area contributed by atoms with Gasteiger partial charge in [-0.3, -0.25) is 10.1 Å². The minimum Gasteiger partial charge on any atom is -0.478 e. The number of nitro groups is 1. The normalized spacial score (nSPS) is 10.6. The molecule has 0 unspecified atom stereocenters. The zero-order chi connectivity index (χ0) is 15.3. The largest absolute Gasteiger partial charge is 0.478 e. The van der Waals surface area contributed by atoms with Crippen LogP contribution >= 0.6 is 0 Å². The molecule has 1 N–H and O–H groups in total. The Hall–Kier alpha value is -2.22. The van der Waals surface area contributed by atoms with Crippen LogP contribution in [-0.2, 0) is 4.74 Å². The number of pyridine rings is 1. The van der Waals surface area contributed by atoms with Crippen molar-refractivity contribution in [1.82, 2.24) is 4.98 Å². The van der Waals surface area contributed by atoms with Crippen LogP contribution in [-0.4, -0.2) is 47.3 Å². The fraction of sp³-hybridized carbons (Fsp3) is 0.500. The Morgan fingerprint density at radius 2 is 2.25 bits per heavy atom. The highest BCUT2D eigenvalue weighted by Gasteiger charge is 2.23. The van der Waals surface area contributed by atoms with Gasteiger partial charge in [0.2, 0.25) is 0 Å².